The minimum absolute atomic E-state index is 0.145. The van der Waals surface area contributed by atoms with Gasteiger partial charge in [0.25, 0.3) is 5.71 Å². The van der Waals surface area contributed by atoms with E-state index in [1.807, 2.05) is 13.8 Å². The highest BCUT2D eigenvalue weighted by Gasteiger charge is 2.29. The zero-order valence-corrected chi connectivity index (χ0v) is 12.9. The highest BCUT2D eigenvalue weighted by molar-refractivity contribution is 7.89. The monoisotopic (exact) mass is 310 g/mol. The number of aromatic nitrogens is 2. The minimum Gasteiger partial charge on any atom is -0.336 e. The van der Waals surface area contributed by atoms with Crippen LogP contribution in [-0.2, 0) is 16.4 Å². The van der Waals surface area contributed by atoms with Crippen LogP contribution in [0.3, 0.4) is 0 Å². The fraction of sp³-hybridized carbons (Fsp3) is 0.538. The Morgan fingerprint density at radius 2 is 2.33 bits per heavy atom. The molecule has 114 valence electrons. The fourth-order valence-electron chi connectivity index (χ4n) is 2.52. The van der Waals surface area contributed by atoms with Crippen LogP contribution in [0.5, 0.6) is 0 Å². The molecule has 1 atom stereocenters. The van der Waals surface area contributed by atoms with Crippen molar-refractivity contribution in [3.63, 3.8) is 0 Å². The van der Waals surface area contributed by atoms with Crippen LogP contribution in [-0.4, -0.2) is 48.5 Å². The molecule has 2 aromatic rings. The van der Waals surface area contributed by atoms with Gasteiger partial charge in [0.2, 0.25) is 10.0 Å². The second-order valence-corrected chi connectivity index (χ2v) is 7.16. The van der Waals surface area contributed by atoms with Crippen molar-refractivity contribution in [2.75, 3.05) is 19.6 Å². The second kappa shape index (κ2) is 5.36. The van der Waals surface area contributed by atoms with Crippen LogP contribution in [0.2, 0.25) is 0 Å². The fourth-order valence-corrected chi connectivity index (χ4v) is 4.02. The molecule has 1 aliphatic rings. The van der Waals surface area contributed by atoms with Gasteiger partial charge in [-0.05, 0) is 19.4 Å². The number of nitrogens with zero attached hydrogens (tertiary/aromatic N) is 3. The number of hydrogen-bond acceptors (Lipinski definition) is 6. The summed E-state index contributed by atoms with van der Waals surface area (Å²) >= 11 is 0. The first-order valence-electron chi connectivity index (χ1n) is 7.00. The van der Waals surface area contributed by atoms with Crippen LogP contribution >= 0.6 is 0 Å². The molecule has 3 heterocycles. The lowest BCUT2D eigenvalue weighted by Crippen LogP contribution is -2.51. The molecule has 0 spiro atoms. The van der Waals surface area contributed by atoms with Crippen LogP contribution in [0.25, 0.3) is 11.1 Å². The van der Waals surface area contributed by atoms with Crippen LogP contribution in [0.1, 0.15) is 19.5 Å². The SMILES string of the molecule is CCc1noc2ncc(S(=O)(=O)N3CCN[C@H](C)C3)cc12. The van der Waals surface area contributed by atoms with E-state index in [0.29, 0.717) is 37.2 Å². The third-order valence-electron chi connectivity index (χ3n) is 3.68. The first-order valence-corrected chi connectivity index (χ1v) is 8.44. The number of pyridine rings is 1. The van der Waals surface area contributed by atoms with Crippen LogP contribution in [0.15, 0.2) is 21.7 Å². The molecular formula is C13H18N4O3S. The van der Waals surface area contributed by atoms with Gasteiger partial charge in [-0.15, -0.1) is 0 Å². The highest BCUT2D eigenvalue weighted by atomic mass is 32.2. The van der Waals surface area contributed by atoms with Gasteiger partial charge in [0.15, 0.2) is 0 Å². The lowest BCUT2D eigenvalue weighted by molar-refractivity contribution is 0.310. The van der Waals surface area contributed by atoms with Gasteiger partial charge >= 0.3 is 0 Å². The molecule has 0 radical (unpaired) electrons. The highest BCUT2D eigenvalue weighted by Crippen LogP contribution is 2.23. The summed E-state index contributed by atoms with van der Waals surface area (Å²) < 4.78 is 32.0. The molecule has 1 saturated heterocycles. The molecule has 0 bridgehead atoms. The number of hydrogen-bond donors (Lipinski definition) is 1. The van der Waals surface area contributed by atoms with Gasteiger partial charge in [0.1, 0.15) is 4.90 Å². The molecule has 0 amide bonds. The Kier molecular flexibility index (Phi) is 3.68. The van der Waals surface area contributed by atoms with Gasteiger partial charge in [-0.3, -0.25) is 0 Å². The van der Waals surface area contributed by atoms with Gasteiger partial charge in [-0.25, -0.2) is 13.4 Å². The van der Waals surface area contributed by atoms with E-state index in [1.165, 1.54) is 10.5 Å². The summed E-state index contributed by atoms with van der Waals surface area (Å²) in [6.45, 7) is 5.50. The molecule has 1 N–H and O–H groups in total. The number of piperazine rings is 1. The summed E-state index contributed by atoms with van der Waals surface area (Å²) in [5.74, 6) is 0. The summed E-state index contributed by atoms with van der Waals surface area (Å²) in [4.78, 5) is 4.28. The van der Waals surface area contributed by atoms with Gasteiger partial charge in [0, 0.05) is 25.7 Å². The van der Waals surface area contributed by atoms with Crippen molar-refractivity contribution in [3.8, 4) is 0 Å². The van der Waals surface area contributed by atoms with E-state index >= 15 is 0 Å². The first-order chi connectivity index (χ1) is 10.0. The molecule has 3 rings (SSSR count). The van der Waals surface area contributed by atoms with Crippen LogP contribution in [0, 0.1) is 0 Å². The van der Waals surface area contributed by atoms with Gasteiger partial charge in [0.05, 0.1) is 17.3 Å². The molecule has 0 unspecified atom stereocenters. The zero-order valence-electron chi connectivity index (χ0n) is 12.0. The molecule has 0 saturated carbocycles. The molecule has 1 fully saturated rings. The Balaban J connectivity index is 2.02. The summed E-state index contributed by atoms with van der Waals surface area (Å²) in [6.07, 6.45) is 2.01. The standard InChI is InChI=1S/C13H18N4O3S/c1-3-12-11-6-10(7-15-13(11)20-16-12)21(18,19)17-5-4-14-9(2)8-17/h6-7,9,14H,3-5,8H2,1-2H3/t9-/m1/s1. The smallest absolute Gasteiger partial charge is 0.258 e. The summed E-state index contributed by atoms with van der Waals surface area (Å²) in [6, 6.07) is 1.76. The minimum atomic E-state index is -3.53. The maximum Gasteiger partial charge on any atom is 0.258 e. The maximum atomic E-state index is 12.7. The Hall–Kier alpha value is -1.51. The van der Waals surface area contributed by atoms with Crippen molar-refractivity contribution in [2.24, 2.45) is 0 Å². The maximum absolute atomic E-state index is 12.7. The normalized spacial score (nSPS) is 21.0. The molecule has 8 heteroatoms. The number of sulfonamides is 1. The van der Waals surface area contributed by atoms with E-state index in [0.717, 1.165) is 5.69 Å². The third-order valence-corrected chi connectivity index (χ3v) is 5.51. The lowest BCUT2D eigenvalue weighted by atomic mass is 10.2. The second-order valence-electron chi connectivity index (χ2n) is 5.22. The van der Waals surface area contributed by atoms with Crippen molar-refractivity contribution in [3.05, 3.63) is 18.0 Å². The summed E-state index contributed by atoms with van der Waals surface area (Å²) in [5, 5.41) is 7.81. The van der Waals surface area contributed by atoms with Crippen molar-refractivity contribution in [1.82, 2.24) is 19.8 Å². The molecule has 21 heavy (non-hydrogen) atoms. The average molecular weight is 310 g/mol. The predicted octanol–water partition coefficient (Wildman–Crippen LogP) is 0.768. The van der Waals surface area contributed by atoms with Crippen molar-refractivity contribution >= 4 is 21.1 Å². The largest absolute Gasteiger partial charge is 0.336 e. The quantitative estimate of drug-likeness (QED) is 0.901. The average Bonchev–Trinajstić information content (AvgIpc) is 2.89. The summed E-state index contributed by atoms with van der Waals surface area (Å²) in [7, 11) is -3.53. The predicted molar refractivity (Wildman–Crippen MR) is 77.4 cm³/mol. The number of rotatable bonds is 3. The van der Waals surface area contributed by atoms with Gasteiger partial charge in [-0.1, -0.05) is 12.1 Å². The number of nitrogens with one attached hydrogen (secondary N) is 1. The topological polar surface area (TPSA) is 88.3 Å². The Morgan fingerprint density at radius 1 is 1.52 bits per heavy atom. The number of fused-ring (bicyclic) bond motifs is 1. The van der Waals surface area contributed by atoms with E-state index < -0.39 is 10.0 Å². The third kappa shape index (κ3) is 2.54. The summed E-state index contributed by atoms with van der Waals surface area (Å²) in [5.41, 5.74) is 1.10. The molecule has 2 aromatic heterocycles. The van der Waals surface area contributed by atoms with Crippen LogP contribution < -0.4 is 5.32 Å². The van der Waals surface area contributed by atoms with E-state index in [-0.39, 0.29) is 10.9 Å². The van der Waals surface area contributed by atoms with Crippen molar-refractivity contribution in [2.45, 2.75) is 31.2 Å². The molecule has 0 aliphatic carbocycles. The van der Waals surface area contributed by atoms with Crippen molar-refractivity contribution < 1.29 is 12.9 Å². The van der Waals surface area contributed by atoms with E-state index in [9.17, 15) is 8.42 Å². The molecular weight excluding hydrogens is 292 g/mol. The first kappa shape index (κ1) is 14.4. The van der Waals surface area contributed by atoms with Gasteiger partial charge in [-0.2, -0.15) is 4.31 Å². The lowest BCUT2D eigenvalue weighted by Gasteiger charge is -2.30. The van der Waals surface area contributed by atoms with Crippen LogP contribution in [0.4, 0.5) is 0 Å². The Labute approximate surface area is 123 Å². The molecule has 1 aliphatic heterocycles. The Morgan fingerprint density at radius 3 is 3.05 bits per heavy atom. The van der Waals surface area contributed by atoms with E-state index in [4.69, 9.17) is 4.52 Å². The van der Waals surface area contributed by atoms with Gasteiger partial charge < -0.3 is 9.84 Å². The Bertz CT molecular complexity index is 756. The number of aryl methyl sites for hydroxylation is 1. The molecule has 0 aromatic carbocycles. The van der Waals surface area contributed by atoms with Crippen molar-refractivity contribution in [1.29, 1.82) is 0 Å². The van der Waals surface area contributed by atoms with E-state index in [1.54, 1.807) is 6.07 Å². The van der Waals surface area contributed by atoms with E-state index in [2.05, 4.69) is 15.5 Å². The zero-order chi connectivity index (χ0) is 15.0. The molecule has 7 nitrogen and oxygen atoms in total.